The molecular weight excluding hydrogens is 417 g/mol. The second kappa shape index (κ2) is 7.51. The van der Waals surface area contributed by atoms with Gasteiger partial charge >= 0.3 is 6.18 Å². The number of imide groups is 1. The average molecular weight is 430 g/mol. The van der Waals surface area contributed by atoms with E-state index in [1.54, 1.807) is 24.3 Å². The average Bonchev–Trinajstić information content (AvgIpc) is 3.29. The zero-order valence-corrected chi connectivity index (χ0v) is 15.9. The minimum atomic E-state index is -4.47. The molecule has 0 radical (unpaired) electrons. The number of aliphatic hydroxyl groups excluding tert-OH is 1. The highest BCUT2D eigenvalue weighted by Crippen LogP contribution is 2.32. The van der Waals surface area contributed by atoms with E-state index in [2.05, 4.69) is 4.98 Å². The molecule has 9 heteroatoms. The van der Waals surface area contributed by atoms with Gasteiger partial charge in [-0.2, -0.15) is 13.2 Å². The van der Waals surface area contributed by atoms with Crippen LogP contribution in [0.15, 0.2) is 60.2 Å². The van der Waals surface area contributed by atoms with E-state index in [0.717, 1.165) is 28.4 Å². The van der Waals surface area contributed by atoms with Crippen LogP contribution < -0.4 is 0 Å². The number of aliphatic hydroxyl groups is 1. The van der Waals surface area contributed by atoms with Gasteiger partial charge in [0.05, 0.1) is 32.8 Å². The lowest BCUT2D eigenvalue weighted by atomic mass is 10.0. The van der Waals surface area contributed by atoms with E-state index in [1.807, 2.05) is 0 Å². The Kier molecular flexibility index (Phi) is 5.00. The zero-order chi connectivity index (χ0) is 21.5. The Morgan fingerprint density at radius 2 is 1.60 bits per heavy atom. The Morgan fingerprint density at radius 3 is 2.17 bits per heavy atom. The van der Waals surface area contributed by atoms with E-state index in [-0.39, 0.29) is 11.3 Å². The van der Waals surface area contributed by atoms with Gasteiger partial charge in [-0.1, -0.05) is 24.3 Å². The number of amides is 2. The standard InChI is InChI=1S/C21H13F3N2O3S/c22-21(23,24)13-7-5-12(6-8-13)18(27)17-16(30-11-25-17)9-10-26-19(28)14-3-1-2-4-15(14)20(26)29/h1-11,18,27H/b10-9+. The third-order valence-electron chi connectivity index (χ3n) is 4.64. The largest absolute Gasteiger partial charge is 0.416 e. The Labute approximate surface area is 172 Å². The summed E-state index contributed by atoms with van der Waals surface area (Å²) < 4.78 is 38.2. The first-order chi connectivity index (χ1) is 14.3. The summed E-state index contributed by atoms with van der Waals surface area (Å²) in [7, 11) is 0. The predicted octanol–water partition coefficient (Wildman–Crippen LogP) is 4.51. The Hall–Kier alpha value is -3.30. The molecule has 0 bridgehead atoms. The topological polar surface area (TPSA) is 70.5 Å². The van der Waals surface area contributed by atoms with Gasteiger partial charge in [0.1, 0.15) is 6.10 Å². The molecule has 1 aromatic heterocycles. The van der Waals surface area contributed by atoms with Crippen molar-refractivity contribution < 1.29 is 27.9 Å². The highest BCUT2D eigenvalue weighted by molar-refractivity contribution is 7.10. The Bertz CT molecular complexity index is 1120. The number of hydrogen-bond acceptors (Lipinski definition) is 5. The second-order valence-corrected chi connectivity index (χ2v) is 7.35. The van der Waals surface area contributed by atoms with Crippen LogP contribution in [0.25, 0.3) is 6.08 Å². The molecule has 30 heavy (non-hydrogen) atoms. The number of rotatable bonds is 4. The number of fused-ring (bicyclic) bond motifs is 1. The molecule has 1 N–H and O–H groups in total. The molecule has 3 aromatic rings. The van der Waals surface area contributed by atoms with E-state index >= 15 is 0 Å². The minimum Gasteiger partial charge on any atom is -0.382 e. The molecule has 2 amide bonds. The summed E-state index contributed by atoms with van der Waals surface area (Å²) in [6, 6.07) is 10.6. The molecule has 4 rings (SSSR count). The second-order valence-electron chi connectivity index (χ2n) is 6.47. The molecule has 1 unspecified atom stereocenters. The van der Waals surface area contributed by atoms with Crippen LogP contribution in [0.1, 0.15) is 48.5 Å². The smallest absolute Gasteiger partial charge is 0.382 e. The number of benzene rings is 2. The number of halogens is 3. The summed E-state index contributed by atoms with van der Waals surface area (Å²) in [5, 5.41) is 10.6. The van der Waals surface area contributed by atoms with Crippen molar-refractivity contribution in [3.8, 4) is 0 Å². The van der Waals surface area contributed by atoms with Gasteiger partial charge in [-0.15, -0.1) is 11.3 Å². The zero-order valence-electron chi connectivity index (χ0n) is 15.1. The lowest BCUT2D eigenvalue weighted by molar-refractivity contribution is -0.137. The van der Waals surface area contributed by atoms with Crippen LogP contribution in [0.4, 0.5) is 13.2 Å². The number of carbonyl (C=O) groups is 2. The first kappa shape index (κ1) is 20.0. The summed E-state index contributed by atoms with van der Waals surface area (Å²) in [4.78, 5) is 30.4. The monoisotopic (exact) mass is 430 g/mol. The molecule has 5 nitrogen and oxygen atoms in total. The van der Waals surface area contributed by atoms with Gasteiger partial charge in [-0.05, 0) is 35.9 Å². The number of thiazole rings is 1. The number of nitrogens with zero attached hydrogens (tertiary/aromatic N) is 2. The van der Waals surface area contributed by atoms with Crippen molar-refractivity contribution in [1.82, 2.24) is 9.88 Å². The number of carbonyl (C=O) groups excluding carboxylic acids is 2. The molecule has 2 heterocycles. The van der Waals surface area contributed by atoms with Gasteiger partial charge in [-0.3, -0.25) is 9.59 Å². The molecule has 0 spiro atoms. The molecule has 1 aliphatic rings. The van der Waals surface area contributed by atoms with Gasteiger partial charge in [0.15, 0.2) is 0 Å². The van der Waals surface area contributed by atoms with E-state index < -0.39 is 29.7 Å². The molecule has 1 aliphatic heterocycles. The summed E-state index contributed by atoms with van der Waals surface area (Å²) in [6.07, 6.45) is -2.95. The van der Waals surface area contributed by atoms with E-state index in [4.69, 9.17) is 0 Å². The van der Waals surface area contributed by atoms with Crippen molar-refractivity contribution in [1.29, 1.82) is 0 Å². The summed E-state index contributed by atoms with van der Waals surface area (Å²) >= 11 is 1.16. The fourth-order valence-corrected chi connectivity index (χ4v) is 3.80. The predicted molar refractivity (Wildman–Crippen MR) is 104 cm³/mol. The number of aromatic nitrogens is 1. The molecule has 2 aromatic carbocycles. The summed E-state index contributed by atoms with van der Waals surface area (Å²) in [6.45, 7) is 0. The highest BCUT2D eigenvalue weighted by Gasteiger charge is 2.34. The summed E-state index contributed by atoms with van der Waals surface area (Å²) in [5.41, 5.74) is 1.72. The van der Waals surface area contributed by atoms with Gasteiger partial charge in [0.25, 0.3) is 11.8 Å². The first-order valence-electron chi connectivity index (χ1n) is 8.71. The van der Waals surface area contributed by atoms with Gasteiger partial charge < -0.3 is 5.11 Å². The third kappa shape index (κ3) is 3.53. The molecule has 0 saturated heterocycles. The quantitative estimate of drug-likeness (QED) is 0.619. The van der Waals surface area contributed by atoms with Crippen LogP contribution >= 0.6 is 11.3 Å². The van der Waals surface area contributed by atoms with Gasteiger partial charge in [0, 0.05) is 6.20 Å². The molecule has 0 fully saturated rings. The Balaban J connectivity index is 1.57. The molecule has 1 atom stereocenters. The molecule has 0 saturated carbocycles. The van der Waals surface area contributed by atoms with Crippen molar-refractivity contribution in [2.45, 2.75) is 12.3 Å². The van der Waals surface area contributed by atoms with Crippen molar-refractivity contribution in [2.75, 3.05) is 0 Å². The van der Waals surface area contributed by atoms with Crippen LogP contribution in [-0.4, -0.2) is 26.8 Å². The van der Waals surface area contributed by atoms with E-state index in [0.29, 0.717) is 16.0 Å². The molecular formula is C21H13F3N2O3S. The maximum absolute atomic E-state index is 12.7. The van der Waals surface area contributed by atoms with Crippen LogP contribution in [0.2, 0.25) is 0 Å². The summed E-state index contributed by atoms with van der Waals surface area (Å²) in [5.74, 6) is -0.914. The van der Waals surface area contributed by atoms with Crippen LogP contribution in [0.3, 0.4) is 0 Å². The van der Waals surface area contributed by atoms with Gasteiger partial charge in [0.2, 0.25) is 0 Å². The lowest BCUT2D eigenvalue weighted by Gasteiger charge is -2.12. The van der Waals surface area contributed by atoms with Crippen molar-refractivity contribution in [3.05, 3.63) is 93.1 Å². The van der Waals surface area contributed by atoms with Crippen molar-refractivity contribution in [3.63, 3.8) is 0 Å². The van der Waals surface area contributed by atoms with E-state index in [9.17, 15) is 27.9 Å². The SMILES string of the molecule is O=C1c2ccccc2C(=O)N1/C=C/c1scnc1C(O)c1ccc(C(F)(F)F)cc1. The minimum absolute atomic E-state index is 0.215. The lowest BCUT2D eigenvalue weighted by Crippen LogP contribution is -2.23. The highest BCUT2D eigenvalue weighted by atomic mass is 32.1. The third-order valence-corrected chi connectivity index (χ3v) is 5.45. The fraction of sp³-hybridized carbons (Fsp3) is 0.0952. The maximum atomic E-state index is 12.7. The Morgan fingerprint density at radius 1 is 1.00 bits per heavy atom. The van der Waals surface area contributed by atoms with E-state index in [1.165, 1.54) is 29.9 Å². The van der Waals surface area contributed by atoms with Gasteiger partial charge in [-0.25, -0.2) is 9.88 Å². The molecule has 152 valence electrons. The van der Waals surface area contributed by atoms with Crippen LogP contribution in [0.5, 0.6) is 0 Å². The van der Waals surface area contributed by atoms with Crippen LogP contribution in [0, 0.1) is 0 Å². The maximum Gasteiger partial charge on any atom is 0.416 e. The number of alkyl halides is 3. The molecule has 0 aliphatic carbocycles. The number of hydrogen-bond donors (Lipinski definition) is 1. The van der Waals surface area contributed by atoms with Crippen molar-refractivity contribution in [2.24, 2.45) is 0 Å². The fourth-order valence-electron chi connectivity index (χ4n) is 3.09. The first-order valence-corrected chi connectivity index (χ1v) is 9.59. The van der Waals surface area contributed by atoms with Crippen molar-refractivity contribution >= 4 is 29.2 Å². The van der Waals surface area contributed by atoms with Crippen LogP contribution in [-0.2, 0) is 6.18 Å². The normalized spacial score (nSPS) is 15.1.